The second-order valence-electron chi connectivity index (χ2n) is 7.20. The fraction of sp³-hybridized carbons (Fsp3) is 0.368. The lowest BCUT2D eigenvalue weighted by atomic mass is 10.0. The van der Waals surface area contributed by atoms with Crippen LogP contribution in [0.25, 0.3) is 11.3 Å². The van der Waals surface area contributed by atoms with E-state index < -0.39 is 0 Å². The normalized spacial score (nSPS) is 17.2. The topological polar surface area (TPSA) is 77.0 Å². The summed E-state index contributed by atoms with van der Waals surface area (Å²) in [6, 6.07) is 7.48. The van der Waals surface area contributed by atoms with E-state index in [-0.39, 0.29) is 11.9 Å². The molecule has 0 unspecified atom stereocenters. The van der Waals surface area contributed by atoms with Gasteiger partial charge in [0.05, 0.1) is 16.8 Å². The van der Waals surface area contributed by atoms with Gasteiger partial charge in [-0.25, -0.2) is 4.68 Å². The highest BCUT2D eigenvalue weighted by molar-refractivity contribution is 6.33. The quantitative estimate of drug-likeness (QED) is 0.689. The third kappa shape index (κ3) is 2.82. The largest absolute Gasteiger partial charge is 0.360 e. The lowest BCUT2D eigenvalue weighted by Gasteiger charge is -2.38. The number of aryl methyl sites for hydroxylation is 1. The number of nitrogens with zero attached hydrogens (tertiary/aromatic N) is 5. The number of likely N-dealkylation sites (tertiary alicyclic amines) is 1. The van der Waals surface area contributed by atoms with E-state index in [0.29, 0.717) is 46.6 Å². The maximum absolute atomic E-state index is 13.1. The van der Waals surface area contributed by atoms with Crippen molar-refractivity contribution in [1.82, 2.24) is 25.1 Å². The first kappa shape index (κ1) is 16.5. The number of hydrogen-bond donors (Lipinski definition) is 0. The zero-order valence-corrected chi connectivity index (χ0v) is 15.6. The maximum atomic E-state index is 13.1. The molecule has 1 amide bonds. The Labute approximate surface area is 160 Å². The summed E-state index contributed by atoms with van der Waals surface area (Å²) in [5.41, 5.74) is 2.72. The number of benzene rings is 1. The molecule has 138 valence electrons. The molecular formula is C19H18ClN5O2. The summed E-state index contributed by atoms with van der Waals surface area (Å²) >= 11 is 6.28. The van der Waals surface area contributed by atoms with Crippen molar-refractivity contribution in [1.29, 1.82) is 0 Å². The van der Waals surface area contributed by atoms with Gasteiger partial charge in [-0.2, -0.15) is 0 Å². The molecule has 0 radical (unpaired) electrons. The van der Waals surface area contributed by atoms with Crippen LogP contribution in [0.3, 0.4) is 0 Å². The van der Waals surface area contributed by atoms with Crippen LogP contribution >= 0.6 is 11.6 Å². The number of carbonyl (C=O) groups excluding carboxylic acids is 1. The van der Waals surface area contributed by atoms with E-state index in [0.717, 1.165) is 5.69 Å². The van der Waals surface area contributed by atoms with Crippen LogP contribution in [0.4, 0.5) is 0 Å². The van der Waals surface area contributed by atoms with Crippen LogP contribution < -0.4 is 0 Å². The number of halogens is 1. The van der Waals surface area contributed by atoms with Crippen LogP contribution in [0.5, 0.6) is 0 Å². The molecule has 0 bridgehead atoms. The number of carbonyl (C=O) groups is 1. The van der Waals surface area contributed by atoms with Crippen LogP contribution in [0.15, 0.2) is 35.0 Å². The van der Waals surface area contributed by atoms with E-state index in [1.165, 1.54) is 12.8 Å². The summed E-state index contributed by atoms with van der Waals surface area (Å²) in [6.07, 6.45) is 4.42. The van der Waals surface area contributed by atoms with Crippen molar-refractivity contribution in [3.05, 3.63) is 52.5 Å². The van der Waals surface area contributed by atoms with E-state index in [1.54, 1.807) is 17.9 Å². The lowest BCUT2D eigenvalue weighted by Crippen LogP contribution is -2.51. The van der Waals surface area contributed by atoms with Gasteiger partial charge in [-0.15, -0.1) is 5.10 Å². The molecule has 2 aliphatic rings. The van der Waals surface area contributed by atoms with E-state index in [9.17, 15) is 4.79 Å². The van der Waals surface area contributed by atoms with Crippen LogP contribution in [0, 0.1) is 6.92 Å². The van der Waals surface area contributed by atoms with Gasteiger partial charge in [0.15, 0.2) is 0 Å². The monoisotopic (exact) mass is 383 g/mol. The molecule has 1 saturated heterocycles. The zero-order chi connectivity index (χ0) is 18.5. The average Bonchev–Trinajstić information content (AvgIpc) is 3.24. The van der Waals surface area contributed by atoms with Crippen LogP contribution in [-0.2, 0) is 0 Å². The fourth-order valence-corrected chi connectivity index (χ4v) is 3.67. The fourth-order valence-electron chi connectivity index (χ4n) is 3.44. The second-order valence-corrected chi connectivity index (χ2v) is 7.61. The summed E-state index contributed by atoms with van der Waals surface area (Å²) < 4.78 is 7.19. The molecule has 3 aromatic rings. The van der Waals surface area contributed by atoms with Gasteiger partial charge in [0, 0.05) is 30.8 Å². The minimum absolute atomic E-state index is 0.0950. The average molecular weight is 384 g/mol. The van der Waals surface area contributed by atoms with Gasteiger partial charge in [-0.3, -0.25) is 4.79 Å². The van der Waals surface area contributed by atoms with E-state index in [2.05, 4.69) is 15.5 Å². The Hall–Kier alpha value is -2.67. The van der Waals surface area contributed by atoms with Gasteiger partial charge < -0.3 is 9.42 Å². The first-order valence-corrected chi connectivity index (χ1v) is 9.42. The van der Waals surface area contributed by atoms with Gasteiger partial charge in [0.1, 0.15) is 17.0 Å². The number of amides is 1. The van der Waals surface area contributed by atoms with Crippen molar-refractivity contribution < 1.29 is 9.32 Å². The molecule has 3 heterocycles. The molecule has 2 fully saturated rings. The van der Waals surface area contributed by atoms with Crippen molar-refractivity contribution in [2.45, 2.75) is 31.7 Å². The lowest BCUT2D eigenvalue weighted by molar-refractivity contribution is 0.0497. The molecule has 1 aromatic carbocycles. The Bertz CT molecular complexity index is 1020. The Morgan fingerprint density at radius 2 is 2.04 bits per heavy atom. The van der Waals surface area contributed by atoms with Crippen molar-refractivity contribution in [3.63, 3.8) is 0 Å². The Morgan fingerprint density at radius 1 is 1.26 bits per heavy atom. The summed E-state index contributed by atoms with van der Waals surface area (Å²) in [7, 11) is 0. The van der Waals surface area contributed by atoms with Crippen molar-refractivity contribution in [3.8, 4) is 11.3 Å². The van der Waals surface area contributed by atoms with Crippen LogP contribution in [0.1, 0.15) is 46.6 Å². The van der Waals surface area contributed by atoms with Crippen LogP contribution in [-0.4, -0.2) is 44.0 Å². The predicted molar refractivity (Wildman–Crippen MR) is 98.6 cm³/mol. The highest BCUT2D eigenvalue weighted by atomic mass is 35.5. The molecule has 1 aliphatic carbocycles. The van der Waals surface area contributed by atoms with Gasteiger partial charge in [0.25, 0.3) is 5.91 Å². The first-order chi connectivity index (χ1) is 13.1. The first-order valence-electron chi connectivity index (χ1n) is 9.04. The minimum Gasteiger partial charge on any atom is -0.360 e. The molecule has 7 nitrogen and oxygen atoms in total. The SMILES string of the molecule is Cc1onc(-c2ccccc2Cl)c1C(=O)N1CC(n2cc(C3CC3)nn2)C1. The van der Waals surface area contributed by atoms with E-state index in [1.807, 2.05) is 29.1 Å². The van der Waals surface area contributed by atoms with Crippen molar-refractivity contribution in [2.24, 2.45) is 0 Å². The summed E-state index contributed by atoms with van der Waals surface area (Å²) in [5.74, 6) is 0.979. The molecule has 1 aliphatic heterocycles. The standard InChI is InChI=1S/C19H18ClN5O2/c1-11-17(18(22-27-11)14-4-2-3-5-15(14)20)19(26)24-8-13(9-24)25-10-16(21-23-25)12-6-7-12/h2-5,10,12-13H,6-9H2,1H3. The Kier molecular flexibility index (Phi) is 3.79. The molecule has 8 heteroatoms. The van der Waals surface area contributed by atoms with Gasteiger partial charge in [0.2, 0.25) is 0 Å². The van der Waals surface area contributed by atoms with E-state index in [4.69, 9.17) is 16.1 Å². The van der Waals surface area contributed by atoms with Crippen molar-refractivity contribution >= 4 is 17.5 Å². The Morgan fingerprint density at radius 3 is 2.78 bits per heavy atom. The molecule has 0 atom stereocenters. The predicted octanol–water partition coefficient (Wildman–Crippen LogP) is 3.47. The second kappa shape index (κ2) is 6.20. The third-order valence-corrected chi connectivity index (χ3v) is 5.58. The van der Waals surface area contributed by atoms with Gasteiger partial charge in [-0.1, -0.05) is 40.2 Å². The smallest absolute Gasteiger partial charge is 0.259 e. The summed E-state index contributed by atoms with van der Waals surface area (Å²) in [4.78, 5) is 14.8. The Balaban J connectivity index is 1.35. The molecular weight excluding hydrogens is 366 g/mol. The van der Waals surface area contributed by atoms with Crippen molar-refractivity contribution in [2.75, 3.05) is 13.1 Å². The minimum atomic E-state index is -0.0950. The highest BCUT2D eigenvalue weighted by Gasteiger charge is 2.37. The maximum Gasteiger partial charge on any atom is 0.259 e. The molecule has 2 aromatic heterocycles. The molecule has 0 N–H and O–H groups in total. The third-order valence-electron chi connectivity index (χ3n) is 5.25. The number of aromatic nitrogens is 4. The number of hydrogen-bond acceptors (Lipinski definition) is 5. The molecule has 27 heavy (non-hydrogen) atoms. The molecule has 1 saturated carbocycles. The highest BCUT2D eigenvalue weighted by Crippen LogP contribution is 2.39. The molecule has 0 spiro atoms. The molecule has 5 rings (SSSR count). The number of rotatable bonds is 4. The van der Waals surface area contributed by atoms with Gasteiger partial charge >= 0.3 is 0 Å². The summed E-state index contributed by atoms with van der Waals surface area (Å²) in [5, 5.41) is 13.1. The van der Waals surface area contributed by atoms with E-state index >= 15 is 0 Å². The van der Waals surface area contributed by atoms with Crippen LogP contribution in [0.2, 0.25) is 5.02 Å². The summed E-state index contributed by atoms with van der Waals surface area (Å²) in [6.45, 7) is 2.94. The van der Waals surface area contributed by atoms with Gasteiger partial charge in [-0.05, 0) is 25.8 Å². The zero-order valence-electron chi connectivity index (χ0n) is 14.8.